The van der Waals surface area contributed by atoms with Gasteiger partial charge in [0, 0.05) is 37.2 Å². The number of nitrogens with zero attached hydrogens (tertiary/aromatic N) is 2. The first-order valence-corrected chi connectivity index (χ1v) is 11.9. The van der Waals surface area contributed by atoms with Crippen molar-refractivity contribution in [1.82, 2.24) is 9.88 Å². The minimum atomic E-state index is -0.119. The maximum Gasteiger partial charge on any atom is 0.245 e. The van der Waals surface area contributed by atoms with Crippen LogP contribution in [0.1, 0.15) is 62.6 Å². The molecule has 33 heavy (non-hydrogen) atoms. The lowest BCUT2D eigenvalue weighted by Crippen LogP contribution is -2.37. The van der Waals surface area contributed by atoms with Gasteiger partial charge in [0.2, 0.25) is 11.8 Å². The smallest absolute Gasteiger partial charge is 0.245 e. The van der Waals surface area contributed by atoms with E-state index in [1.807, 2.05) is 36.1 Å². The highest BCUT2D eigenvalue weighted by Crippen LogP contribution is 2.36. The lowest BCUT2D eigenvalue weighted by Gasteiger charge is -2.31. The summed E-state index contributed by atoms with van der Waals surface area (Å²) in [5.74, 6) is 1.01. The molecule has 0 atom stereocenters. The number of likely N-dealkylation sites (tertiary alicyclic amines) is 1. The number of hydrogen-bond donors (Lipinski definition) is 1. The number of piperidine rings is 1. The lowest BCUT2D eigenvalue weighted by atomic mass is 9.91. The fraction of sp³-hybridized carbons (Fsp3) is 0.444. The summed E-state index contributed by atoms with van der Waals surface area (Å²) in [6, 6.07) is 10.1. The van der Waals surface area contributed by atoms with Crippen molar-refractivity contribution in [3.05, 3.63) is 54.2 Å². The Morgan fingerprint density at radius 2 is 1.79 bits per heavy atom. The third kappa shape index (κ3) is 5.44. The molecule has 1 aromatic heterocycles. The van der Waals surface area contributed by atoms with E-state index in [1.54, 1.807) is 0 Å². The summed E-state index contributed by atoms with van der Waals surface area (Å²) in [4.78, 5) is 30.7. The topological polar surface area (TPSA) is 71.5 Å². The van der Waals surface area contributed by atoms with Gasteiger partial charge in [0.1, 0.15) is 5.75 Å². The molecule has 1 aromatic carbocycles. The van der Waals surface area contributed by atoms with Gasteiger partial charge in [0.15, 0.2) is 0 Å². The number of aromatic nitrogens is 1. The van der Waals surface area contributed by atoms with Crippen molar-refractivity contribution < 1.29 is 14.3 Å². The summed E-state index contributed by atoms with van der Waals surface area (Å²) in [6.45, 7) is 8.52. The Bertz CT molecular complexity index is 1020. The van der Waals surface area contributed by atoms with Crippen LogP contribution in [-0.4, -0.2) is 40.9 Å². The van der Waals surface area contributed by atoms with Crippen molar-refractivity contribution in [1.29, 1.82) is 0 Å². The van der Waals surface area contributed by atoms with Crippen LogP contribution in [0.25, 0.3) is 11.3 Å². The molecule has 6 nitrogen and oxygen atoms in total. The zero-order valence-electron chi connectivity index (χ0n) is 19.6. The van der Waals surface area contributed by atoms with E-state index in [0.29, 0.717) is 19.2 Å². The molecule has 1 saturated carbocycles. The molecule has 4 rings (SSSR count). The Morgan fingerprint density at radius 1 is 1.12 bits per heavy atom. The van der Waals surface area contributed by atoms with E-state index in [9.17, 15) is 9.59 Å². The Hall–Kier alpha value is -3.15. The van der Waals surface area contributed by atoms with Gasteiger partial charge in [0.25, 0.3) is 0 Å². The molecule has 2 heterocycles. The van der Waals surface area contributed by atoms with Gasteiger partial charge < -0.3 is 15.0 Å². The van der Waals surface area contributed by atoms with Crippen molar-refractivity contribution in [3.63, 3.8) is 0 Å². The maximum atomic E-state index is 11.9. The Balaban J connectivity index is 1.60. The molecule has 1 N–H and O–H groups in total. The second-order valence-corrected chi connectivity index (χ2v) is 9.12. The van der Waals surface area contributed by atoms with Crippen LogP contribution in [0.2, 0.25) is 0 Å². The zero-order chi connectivity index (χ0) is 23.4. The normalized spacial score (nSPS) is 17.1. The number of hydrogen-bond acceptors (Lipinski definition) is 4. The second kappa shape index (κ2) is 10.2. The van der Waals surface area contributed by atoms with Crippen LogP contribution in [0, 0.1) is 6.92 Å². The Kier molecular flexibility index (Phi) is 7.11. The lowest BCUT2D eigenvalue weighted by molar-refractivity contribution is -0.127. The molecule has 174 valence electrons. The van der Waals surface area contributed by atoms with Crippen LogP contribution >= 0.6 is 0 Å². The summed E-state index contributed by atoms with van der Waals surface area (Å²) in [5.41, 5.74) is 4.46. The first-order chi connectivity index (χ1) is 15.9. The predicted octanol–water partition coefficient (Wildman–Crippen LogP) is 5.23. The van der Waals surface area contributed by atoms with Crippen LogP contribution in [-0.2, 0) is 9.59 Å². The molecule has 1 saturated heterocycles. The van der Waals surface area contributed by atoms with Gasteiger partial charge in [-0.05, 0) is 87.4 Å². The largest absolute Gasteiger partial charge is 0.490 e. The Labute approximate surface area is 196 Å². The van der Waals surface area contributed by atoms with Crippen molar-refractivity contribution in [3.8, 4) is 17.0 Å². The highest BCUT2D eigenvalue weighted by Gasteiger charge is 2.25. The molecule has 1 aliphatic heterocycles. The van der Waals surface area contributed by atoms with Crippen LogP contribution in [0.15, 0.2) is 43.0 Å². The van der Waals surface area contributed by atoms with Crippen molar-refractivity contribution in [2.75, 3.05) is 18.4 Å². The number of rotatable bonds is 6. The molecule has 0 spiro atoms. The van der Waals surface area contributed by atoms with E-state index in [1.165, 1.54) is 25.8 Å². The second-order valence-electron chi connectivity index (χ2n) is 9.12. The van der Waals surface area contributed by atoms with E-state index < -0.39 is 0 Å². The number of amides is 2. The average Bonchev–Trinajstić information content (AvgIpc) is 3.33. The number of carbonyl (C=O) groups is 2. The molecule has 2 aliphatic rings. The number of benzene rings is 1. The molecule has 0 unspecified atom stereocenters. The number of ether oxygens (including phenoxy) is 1. The molecule has 2 aromatic rings. The number of carbonyl (C=O) groups excluding carboxylic acids is 2. The van der Waals surface area contributed by atoms with E-state index in [4.69, 9.17) is 9.72 Å². The highest BCUT2D eigenvalue weighted by molar-refractivity contribution is 5.94. The zero-order valence-corrected chi connectivity index (χ0v) is 19.6. The molecular weight excluding hydrogens is 414 g/mol. The minimum absolute atomic E-state index is 0.0146. The van der Waals surface area contributed by atoms with Gasteiger partial charge in [-0.3, -0.25) is 14.6 Å². The van der Waals surface area contributed by atoms with Crippen molar-refractivity contribution in [2.45, 2.75) is 64.4 Å². The number of nitrogens with one attached hydrogen (secondary N) is 1. The van der Waals surface area contributed by atoms with E-state index in [-0.39, 0.29) is 17.7 Å². The van der Waals surface area contributed by atoms with Gasteiger partial charge in [0.05, 0.1) is 17.5 Å². The summed E-state index contributed by atoms with van der Waals surface area (Å²) < 4.78 is 6.11. The standard InChI is InChI=1S/C27H33N3O3/c1-4-25(32)30-15-13-20(14-16-30)24-17-18(2)26(28-19(3)31)27(29-24)21-9-11-23(12-10-21)33-22-7-5-6-8-22/h4,9-12,17,20,22H,1,5-8,13-16H2,2-3H3,(H,28,31). The van der Waals surface area contributed by atoms with Gasteiger partial charge in [-0.15, -0.1) is 0 Å². The first kappa shape index (κ1) is 23.0. The molecule has 6 heteroatoms. The van der Waals surface area contributed by atoms with Crippen molar-refractivity contribution in [2.24, 2.45) is 0 Å². The number of aryl methyl sites for hydroxylation is 1. The number of pyridine rings is 1. The molecular formula is C27H33N3O3. The third-order valence-corrected chi connectivity index (χ3v) is 6.67. The van der Waals surface area contributed by atoms with E-state index >= 15 is 0 Å². The minimum Gasteiger partial charge on any atom is -0.490 e. The quantitative estimate of drug-likeness (QED) is 0.616. The van der Waals surface area contributed by atoms with Crippen LogP contribution in [0.4, 0.5) is 5.69 Å². The van der Waals surface area contributed by atoms with Gasteiger partial charge in [-0.25, -0.2) is 0 Å². The van der Waals surface area contributed by atoms with E-state index in [2.05, 4.69) is 18.0 Å². The summed E-state index contributed by atoms with van der Waals surface area (Å²) in [7, 11) is 0. The maximum absolute atomic E-state index is 11.9. The van der Waals surface area contributed by atoms with Crippen molar-refractivity contribution >= 4 is 17.5 Å². The average molecular weight is 448 g/mol. The van der Waals surface area contributed by atoms with Gasteiger partial charge >= 0.3 is 0 Å². The highest BCUT2D eigenvalue weighted by atomic mass is 16.5. The third-order valence-electron chi connectivity index (χ3n) is 6.67. The fourth-order valence-corrected chi connectivity index (χ4v) is 4.86. The monoisotopic (exact) mass is 447 g/mol. The van der Waals surface area contributed by atoms with E-state index in [0.717, 1.165) is 59.6 Å². The van der Waals surface area contributed by atoms with Crippen LogP contribution in [0.3, 0.4) is 0 Å². The Morgan fingerprint density at radius 3 is 2.39 bits per heavy atom. The summed E-state index contributed by atoms with van der Waals surface area (Å²) in [6.07, 6.45) is 8.12. The first-order valence-electron chi connectivity index (χ1n) is 11.9. The molecule has 0 radical (unpaired) electrons. The molecule has 1 aliphatic carbocycles. The van der Waals surface area contributed by atoms with Gasteiger partial charge in [-0.2, -0.15) is 0 Å². The predicted molar refractivity (Wildman–Crippen MR) is 130 cm³/mol. The van der Waals surface area contributed by atoms with Gasteiger partial charge in [-0.1, -0.05) is 6.58 Å². The van der Waals surface area contributed by atoms with Crippen LogP contribution in [0.5, 0.6) is 5.75 Å². The SMILES string of the molecule is C=CC(=O)N1CCC(c2cc(C)c(NC(C)=O)c(-c3ccc(OC4CCCC4)cc3)n2)CC1. The fourth-order valence-electron chi connectivity index (χ4n) is 4.86. The molecule has 2 fully saturated rings. The molecule has 2 amide bonds. The summed E-state index contributed by atoms with van der Waals surface area (Å²) >= 11 is 0. The molecule has 0 bridgehead atoms. The summed E-state index contributed by atoms with van der Waals surface area (Å²) in [5, 5.41) is 2.98. The van der Waals surface area contributed by atoms with Crippen LogP contribution < -0.4 is 10.1 Å². The number of anilines is 1.